The van der Waals surface area contributed by atoms with Gasteiger partial charge in [0.15, 0.2) is 11.3 Å². The van der Waals surface area contributed by atoms with E-state index in [-0.39, 0.29) is 17.7 Å². The summed E-state index contributed by atoms with van der Waals surface area (Å²) < 4.78 is 0. The van der Waals surface area contributed by atoms with Crippen LogP contribution in [0.2, 0.25) is 0 Å². The third-order valence-electron chi connectivity index (χ3n) is 4.97. The molecule has 0 radical (unpaired) electrons. The van der Waals surface area contributed by atoms with Crippen LogP contribution in [0.15, 0.2) is 30.3 Å². The third kappa shape index (κ3) is 3.64. The smallest absolute Gasteiger partial charge is 0.254 e. The maximum atomic E-state index is 12.6. The second-order valence-electron chi connectivity index (χ2n) is 6.75. The van der Waals surface area contributed by atoms with Gasteiger partial charge in [-0.3, -0.25) is 9.59 Å². The van der Waals surface area contributed by atoms with Gasteiger partial charge in [-0.05, 0) is 18.6 Å². The number of nitrogens with zero attached hydrogens (tertiary/aromatic N) is 4. The van der Waals surface area contributed by atoms with Crippen molar-refractivity contribution in [3.8, 4) is 6.19 Å². The van der Waals surface area contributed by atoms with Crippen molar-refractivity contribution in [3.63, 3.8) is 0 Å². The molecule has 2 aromatic rings. The predicted molar refractivity (Wildman–Crippen MR) is 101 cm³/mol. The van der Waals surface area contributed by atoms with E-state index in [0.717, 1.165) is 10.6 Å². The summed E-state index contributed by atoms with van der Waals surface area (Å²) in [6.45, 7) is 2.23. The van der Waals surface area contributed by atoms with Crippen LogP contribution in [0, 0.1) is 17.4 Å². The van der Waals surface area contributed by atoms with Crippen molar-refractivity contribution >= 4 is 28.3 Å². The fourth-order valence-corrected chi connectivity index (χ4v) is 4.48. The van der Waals surface area contributed by atoms with E-state index in [0.29, 0.717) is 49.7 Å². The van der Waals surface area contributed by atoms with Gasteiger partial charge in [-0.15, -0.1) is 0 Å². The molecule has 3 heterocycles. The summed E-state index contributed by atoms with van der Waals surface area (Å²) in [5.74, 6) is -0.249. The van der Waals surface area contributed by atoms with Gasteiger partial charge in [0.2, 0.25) is 5.91 Å². The maximum absolute atomic E-state index is 12.6. The van der Waals surface area contributed by atoms with E-state index in [4.69, 9.17) is 5.26 Å². The van der Waals surface area contributed by atoms with Crippen molar-refractivity contribution in [2.24, 2.45) is 5.92 Å². The molecule has 0 aliphatic carbocycles. The quantitative estimate of drug-likeness (QED) is 0.823. The van der Waals surface area contributed by atoms with Gasteiger partial charge in [0.25, 0.3) is 5.91 Å². The van der Waals surface area contributed by atoms with Crippen LogP contribution in [-0.2, 0) is 17.8 Å². The molecule has 2 aliphatic rings. The Hall–Kier alpha value is -2.92. The Bertz CT molecular complexity index is 905. The zero-order chi connectivity index (χ0) is 18.8. The van der Waals surface area contributed by atoms with Crippen LogP contribution in [0.3, 0.4) is 0 Å². The van der Waals surface area contributed by atoms with Crippen LogP contribution < -0.4 is 5.32 Å². The van der Waals surface area contributed by atoms with Gasteiger partial charge in [0.05, 0.1) is 18.2 Å². The molecule has 2 aliphatic heterocycles. The fourth-order valence-electron chi connectivity index (χ4n) is 3.46. The van der Waals surface area contributed by atoms with Gasteiger partial charge in [-0.25, -0.2) is 4.98 Å². The highest BCUT2D eigenvalue weighted by Crippen LogP contribution is 2.29. The highest BCUT2D eigenvalue weighted by Gasteiger charge is 2.29. The molecule has 0 saturated carbocycles. The molecule has 1 fully saturated rings. The molecule has 0 unspecified atom stereocenters. The van der Waals surface area contributed by atoms with Gasteiger partial charge in [0, 0.05) is 36.5 Å². The van der Waals surface area contributed by atoms with Crippen LogP contribution >= 0.6 is 11.3 Å². The lowest BCUT2D eigenvalue weighted by Crippen LogP contribution is -2.35. The lowest BCUT2D eigenvalue weighted by Gasteiger charge is -2.26. The number of rotatable bonds is 3. The van der Waals surface area contributed by atoms with Crippen LogP contribution in [-0.4, -0.2) is 46.2 Å². The molecular weight excluding hydrogens is 362 g/mol. The number of hydrogen-bond acceptors (Lipinski definition) is 6. The average Bonchev–Trinajstić information content (AvgIpc) is 3.33. The molecule has 2 amide bonds. The number of likely N-dealkylation sites (tertiary alicyclic amines) is 1. The number of hydrogen-bond donors (Lipinski definition) is 1. The SMILES string of the molecule is N#CN1CC[C@H](C(=O)Nc2nc3c(s2)CN(C(=O)c2ccccc2)CC3)C1. The first-order chi connectivity index (χ1) is 13.1. The summed E-state index contributed by atoms with van der Waals surface area (Å²) in [5.41, 5.74) is 1.64. The van der Waals surface area contributed by atoms with Crippen LogP contribution in [0.1, 0.15) is 27.3 Å². The predicted octanol–water partition coefficient (Wildman–Crippen LogP) is 2.08. The van der Waals surface area contributed by atoms with E-state index < -0.39 is 0 Å². The number of benzene rings is 1. The van der Waals surface area contributed by atoms with Crippen molar-refractivity contribution in [2.45, 2.75) is 19.4 Å². The molecular formula is C19H19N5O2S. The van der Waals surface area contributed by atoms with E-state index in [9.17, 15) is 9.59 Å². The number of nitriles is 1. The average molecular weight is 381 g/mol. The molecule has 1 saturated heterocycles. The number of fused-ring (bicyclic) bond motifs is 1. The van der Waals surface area contributed by atoms with Crippen molar-refractivity contribution in [2.75, 3.05) is 25.0 Å². The Morgan fingerprint density at radius 3 is 2.81 bits per heavy atom. The Kier molecular flexibility index (Phi) is 4.77. The molecule has 27 heavy (non-hydrogen) atoms. The number of aromatic nitrogens is 1. The topological polar surface area (TPSA) is 89.3 Å². The first-order valence-electron chi connectivity index (χ1n) is 8.92. The van der Waals surface area contributed by atoms with Gasteiger partial charge in [-0.2, -0.15) is 5.26 Å². The van der Waals surface area contributed by atoms with Crippen molar-refractivity contribution in [3.05, 3.63) is 46.5 Å². The van der Waals surface area contributed by atoms with Crippen LogP contribution in [0.4, 0.5) is 5.13 Å². The molecule has 0 spiro atoms. The summed E-state index contributed by atoms with van der Waals surface area (Å²) in [4.78, 5) is 34.0. The number of amides is 2. The molecule has 8 heteroatoms. The van der Waals surface area contributed by atoms with Crippen molar-refractivity contribution in [1.29, 1.82) is 5.26 Å². The normalized spacial score (nSPS) is 18.7. The summed E-state index contributed by atoms with van der Waals surface area (Å²) in [6, 6.07) is 9.26. The van der Waals surface area contributed by atoms with E-state index in [2.05, 4.69) is 16.5 Å². The standard InChI is InChI=1S/C19H19N5O2S/c20-12-23-8-6-14(10-23)17(25)22-19-21-15-7-9-24(11-16(15)27-19)18(26)13-4-2-1-3-5-13/h1-5,14H,6-11H2,(H,21,22,25)/t14-/m0/s1. The number of thiazole rings is 1. The van der Waals surface area contributed by atoms with Gasteiger partial charge < -0.3 is 15.1 Å². The van der Waals surface area contributed by atoms with Gasteiger partial charge in [-0.1, -0.05) is 29.5 Å². The van der Waals surface area contributed by atoms with E-state index >= 15 is 0 Å². The zero-order valence-electron chi connectivity index (χ0n) is 14.7. The molecule has 1 aromatic heterocycles. The van der Waals surface area contributed by atoms with Crippen molar-refractivity contribution < 1.29 is 9.59 Å². The number of nitrogens with one attached hydrogen (secondary N) is 1. The Morgan fingerprint density at radius 2 is 2.07 bits per heavy atom. The van der Waals surface area contributed by atoms with E-state index in [1.165, 1.54) is 11.3 Å². The Morgan fingerprint density at radius 1 is 1.26 bits per heavy atom. The first kappa shape index (κ1) is 17.5. The first-order valence-corrected chi connectivity index (χ1v) is 9.74. The number of anilines is 1. The van der Waals surface area contributed by atoms with Crippen LogP contribution in [0.25, 0.3) is 0 Å². The zero-order valence-corrected chi connectivity index (χ0v) is 15.5. The minimum Gasteiger partial charge on any atom is -0.333 e. The summed E-state index contributed by atoms with van der Waals surface area (Å²) in [5, 5.41) is 12.4. The molecule has 4 rings (SSSR count). The largest absolute Gasteiger partial charge is 0.333 e. The number of carbonyl (C=O) groups is 2. The van der Waals surface area contributed by atoms with Gasteiger partial charge in [0.1, 0.15) is 0 Å². The minimum absolute atomic E-state index is 0.0165. The van der Waals surface area contributed by atoms with E-state index in [1.807, 2.05) is 35.2 Å². The lowest BCUT2D eigenvalue weighted by atomic mass is 10.1. The highest BCUT2D eigenvalue weighted by molar-refractivity contribution is 7.15. The van der Waals surface area contributed by atoms with Gasteiger partial charge >= 0.3 is 0 Å². The number of carbonyl (C=O) groups excluding carboxylic acids is 2. The van der Waals surface area contributed by atoms with Crippen LogP contribution in [0.5, 0.6) is 0 Å². The molecule has 138 valence electrons. The molecule has 7 nitrogen and oxygen atoms in total. The fraction of sp³-hybridized carbons (Fsp3) is 0.368. The highest BCUT2D eigenvalue weighted by atomic mass is 32.1. The monoisotopic (exact) mass is 381 g/mol. The molecule has 0 bridgehead atoms. The Labute approximate surface area is 161 Å². The van der Waals surface area contributed by atoms with Crippen molar-refractivity contribution in [1.82, 2.24) is 14.8 Å². The third-order valence-corrected chi connectivity index (χ3v) is 5.97. The Balaban J connectivity index is 1.41. The lowest BCUT2D eigenvalue weighted by molar-refractivity contribution is -0.119. The molecule has 1 atom stereocenters. The minimum atomic E-state index is -0.179. The summed E-state index contributed by atoms with van der Waals surface area (Å²) in [7, 11) is 0. The molecule has 1 aromatic carbocycles. The molecule has 1 N–H and O–H groups in total. The van der Waals surface area contributed by atoms with E-state index in [1.54, 1.807) is 4.90 Å². The maximum Gasteiger partial charge on any atom is 0.254 e. The second kappa shape index (κ2) is 7.37. The summed E-state index contributed by atoms with van der Waals surface area (Å²) in [6.07, 6.45) is 3.45. The second-order valence-corrected chi connectivity index (χ2v) is 7.84. The summed E-state index contributed by atoms with van der Waals surface area (Å²) >= 11 is 1.43.